The number of nitrogens with one attached hydrogen (secondary N) is 3. The summed E-state index contributed by atoms with van der Waals surface area (Å²) in [5.74, 6) is -0.486. The Morgan fingerprint density at radius 2 is 1.33 bits per heavy atom. The van der Waals surface area contributed by atoms with E-state index in [2.05, 4.69) is 16.0 Å². The fraction of sp³-hybridized carbons (Fsp3) is 0.158. The highest BCUT2D eigenvalue weighted by molar-refractivity contribution is 6.05. The average molecular weight is 323 g/mol. The largest absolute Gasteiger partial charge is 0.359 e. The molecule has 0 aliphatic carbocycles. The third kappa shape index (κ3) is 4.98. The lowest BCUT2D eigenvalue weighted by molar-refractivity contribution is -0.115. The Bertz CT molecular complexity index is 782. The van der Waals surface area contributed by atoms with Crippen molar-refractivity contribution in [3.05, 3.63) is 71.4 Å². The molecule has 5 heteroatoms. The van der Waals surface area contributed by atoms with E-state index in [1.807, 2.05) is 56.3 Å². The Morgan fingerprint density at radius 3 is 1.88 bits per heavy atom. The molecule has 0 saturated carbocycles. The van der Waals surface area contributed by atoms with E-state index < -0.39 is 11.9 Å². The molecule has 0 radical (unpaired) electrons. The number of imide groups is 1. The SMILES string of the molecule is C/C(=C\C(=O)NC(=O)Nc1ccccc1C)Nc1ccccc1C. The minimum absolute atomic E-state index is 0.486. The summed E-state index contributed by atoms with van der Waals surface area (Å²) in [7, 11) is 0. The summed E-state index contributed by atoms with van der Waals surface area (Å²) in [6, 6.07) is 14.6. The molecule has 3 N–H and O–H groups in total. The van der Waals surface area contributed by atoms with Crippen molar-refractivity contribution in [2.24, 2.45) is 0 Å². The van der Waals surface area contributed by atoms with Crippen LogP contribution in [0.15, 0.2) is 60.3 Å². The van der Waals surface area contributed by atoms with Gasteiger partial charge in [-0.3, -0.25) is 10.1 Å². The van der Waals surface area contributed by atoms with Crippen molar-refractivity contribution in [1.29, 1.82) is 0 Å². The summed E-state index contributed by atoms with van der Waals surface area (Å²) in [4.78, 5) is 23.8. The smallest absolute Gasteiger partial charge is 0.326 e. The molecule has 5 nitrogen and oxygen atoms in total. The molecule has 0 saturated heterocycles. The van der Waals surface area contributed by atoms with E-state index in [9.17, 15) is 9.59 Å². The molecule has 0 atom stereocenters. The number of allylic oxidation sites excluding steroid dienone is 1. The molecule has 0 heterocycles. The second-order valence-corrected chi connectivity index (χ2v) is 5.53. The minimum atomic E-state index is -0.561. The number of carbonyl (C=O) groups is 2. The molecule has 0 spiro atoms. The highest BCUT2D eigenvalue weighted by Crippen LogP contribution is 2.15. The summed E-state index contributed by atoms with van der Waals surface area (Å²) in [6.45, 7) is 5.63. The third-order valence-corrected chi connectivity index (χ3v) is 3.45. The van der Waals surface area contributed by atoms with Gasteiger partial charge in [-0.05, 0) is 44.0 Å². The van der Waals surface area contributed by atoms with Crippen molar-refractivity contribution >= 4 is 23.3 Å². The van der Waals surface area contributed by atoms with Gasteiger partial charge in [0.2, 0.25) is 0 Å². The summed E-state index contributed by atoms with van der Waals surface area (Å²) in [5.41, 5.74) is 4.23. The first kappa shape index (κ1) is 17.3. The summed E-state index contributed by atoms with van der Waals surface area (Å²) in [6.07, 6.45) is 1.35. The quantitative estimate of drug-likeness (QED) is 0.746. The van der Waals surface area contributed by atoms with Gasteiger partial charge in [0, 0.05) is 23.1 Å². The number of urea groups is 1. The number of aryl methyl sites for hydroxylation is 2. The number of hydrogen-bond acceptors (Lipinski definition) is 3. The summed E-state index contributed by atoms with van der Waals surface area (Å²) in [5, 5.41) is 8.08. The predicted octanol–water partition coefficient (Wildman–Crippen LogP) is 3.97. The van der Waals surface area contributed by atoms with Crippen LogP contribution in [0.25, 0.3) is 0 Å². The van der Waals surface area contributed by atoms with Gasteiger partial charge >= 0.3 is 6.03 Å². The maximum atomic E-state index is 11.9. The zero-order valence-corrected chi connectivity index (χ0v) is 14.0. The van der Waals surface area contributed by atoms with Crippen LogP contribution in [0.5, 0.6) is 0 Å². The Morgan fingerprint density at radius 1 is 0.833 bits per heavy atom. The number of anilines is 2. The molecule has 0 bridgehead atoms. The van der Waals surface area contributed by atoms with Crippen LogP contribution in [0, 0.1) is 13.8 Å². The van der Waals surface area contributed by atoms with Crippen LogP contribution in [0.3, 0.4) is 0 Å². The molecule has 0 unspecified atom stereocenters. The molecule has 0 aliphatic rings. The van der Waals surface area contributed by atoms with Crippen LogP contribution in [0.4, 0.5) is 16.2 Å². The van der Waals surface area contributed by atoms with E-state index >= 15 is 0 Å². The average Bonchev–Trinajstić information content (AvgIpc) is 2.51. The van der Waals surface area contributed by atoms with Gasteiger partial charge in [0.1, 0.15) is 0 Å². The van der Waals surface area contributed by atoms with E-state index in [0.29, 0.717) is 11.4 Å². The molecule has 0 aliphatic heterocycles. The van der Waals surface area contributed by atoms with Gasteiger partial charge in [-0.2, -0.15) is 0 Å². The molecule has 24 heavy (non-hydrogen) atoms. The van der Waals surface area contributed by atoms with E-state index in [0.717, 1.165) is 16.8 Å². The molecule has 124 valence electrons. The predicted molar refractivity (Wildman–Crippen MR) is 96.9 cm³/mol. The number of benzene rings is 2. The first-order valence-corrected chi connectivity index (χ1v) is 7.64. The van der Waals surface area contributed by atoms with Crippen molar-refractivity contribution < 1.29 is 9.59 Å². The number of hydrogen-bond donors (Lipinski definition) is 3. The number of rotatable bonds is 4. The van der Waals surface area contributed by atoms with Crippen LogP contribution in [0.1, 0.15) is 18.1 Å². The lowest BCUT2D eigenvalue weighted by Crippen LogP contribution is -2.33. The molecule has 2 aromatic rings. The first-order chi connectivity index (χ1) is 11.5. The zero-order chi connectivity index (χ0) is 17.5. The third-order valence-electron chi connectivity index (χ3n) is 3.45. The van der Waals surface area contributed by atoms with Crippen molar-refractivity contribution in [2.75, 3.05) is 10.6 Å². The fourth-order valence-electron chi connectivity index (χ4n) is 2.17. The molecule has 2 aromatic carbocycles. The minimum Gasteiger partial charge on any atom is -0.359 e. The van der Waals surface area contributed by atoms with Crippen molar-refractivity contribution in [3.63, 3.8) is 0 Å². The van der Waals surface area contributed by atoms with Crippen LogP contribution in [-0.4, -0.2) is 11.9 Å². The van der Waals surface area contributed by atoms with Gasteiger partial charge < -0.3 is 10.6 Å². The Kier molecular flexibility index (Phi) is 5.73. The zero-order valence-electron chi connectivity index (χ0n) is 14.0. The fourth-order valence-corrected chi connectivity index (χ4v) is 2.17. The maximum Gasteiger partial charge on any atom is 0.326 e. The first-order valence-electron chi connectivity index (χ1n) is 7.64. The Balaban J connectivity index is 1.93. The van der Waals surface area contributed by atoms with Crippen LogP contribution >= 0.6 is 0 Å². The standard InChI is InChI=1S/C19H21N3O2/c1-13-8-4-6-10-16(13)20-15(3)12-18(23)22-19(24)21-17-11-7-5-9-14(17)2/h4-12,20H,1-3H3,(H2,21,22,23,24)/b15-12+. The van der Waals surface area contributed by atoms with E-state index in [4.69, 9.17) is 0 Å². The van der Waals surface area contributed by atoms with Gasteiger partial charge in [-0.25, -0.2) is 4.79 Å². The van der Waals surface area contributed by atoms with Gasteiger partial charge in [0.15, 0.2) is 0 Å². The van der Waals surface area contributed by atoms with Crippen molar-refractivity contribution in [2.45, 2.75) is 20.8 Å². The van der Waals surface area contributed by atoms with Gasteiger partial charge in [0.25, 0.3) is 5.91 Å². The highest BCUT2D eigenvalue weighted by atomic mass is 16.2. The lowest BCUT2D eigenvalue weighted by atomic mass is 10.2. The molecule has 0 aromatic heterocycles. The molecule has 3 amide bonds. The second-order valence-electron chi connectivity index (χ2n) is 5.53. The highest BCUT2D eigenvalue weighted by Gasteiger charge is 2.07. The monoisotopic (exact) mass is 323 g/mol. The second kappa shape index (κ2) is 7.97. The van der Waals surface area contributed by atoms with Crippen molar-refractivity contribution in [1.82, 2.24) is 5.32 Å². The molecule has 0 fully saturated rings. The van der Waals surface area contributed by atoms with E-state index in [-0.39, 0.29) is 0 Å². The number of amides is 3. The maximum absolute atomic E-state index is 11.9. The normalized spacial score (nSPS) is 10.9. The Labute approximate surface area is 141 Å². The van der Waals surface area contributed by atoms with E-state index in [1.165, 1.54) is 6.08 Å². The van der Waals surface area contributed by atoms with Gasteiger partial charge in [-0.1, -0.05) is 36.4 Å². The number of para-hydroxylation sites is 2. The Hall–Kier alpha value is -3.08. The van der Waals surface area contributed by atoms with Crippen molar-refractivity contribution in [3.8, 4) is 0 Å². The topological polar surface area (TPSA) is 70.2 Å². The molecular formula is C19H21N3O2. The van der Waals surface area contributed by atoms with Crippen LogP contribution in [-0.2, 0) is 4.79 Å². The number of carbonyl (C=O) groups excluding carboxylic acids is 2. The van der Waals surface area contributed by atoms with Crippen LogP contribution in [0.2, 0.25) is 0 Å². The summed E-state index contributed by atoms with van der Waals surface area (Å²) >= 11 is 0. The van der Waals surface area contributed by atoms with Gasteiger partial charge in [0.05, 0.1) is 0 Å². The van der Waals surface area contributed by atoms with Gasteiger partial charge in [-0.15, -0.1) is 0 Å². The molecule has 2 rings (SSSR count). The van der Waals surface area contributed by atoms with E-state index in [1.54, 1.807) is 13.0 Å². The van der Waals surface area contributed by atoms with Crippen LogP contribution < -0.4 is 16.0 Å². The lowest BCUT2D eigenvalue weighted by Gasteiger charge is -2.10. The summed E-state index contributed by atoms with van der Waals surface area (Å²) < 4.78 is 0. The molecular weight excluding hydrogens is 302 g/mol.